The predicted molar refractivity (Wildman–Crippen MR) is 54.8 cm³/mol. The van der Waals surface area contributed by atoms with Crippen molar-refractivity contribution >= 4 is 11.9 Å². The molecule has 3 N–H and O–H groups in total. The summed E-state index contributed by atoms with van der Waals surface area (Å²) in [5, 5.41) is 19.8. The minimum atomic E-state index is -1.15. The molecule has 1 rings (SSSR count). The Bertz CT molecular complexity index is 268. The molecule has 0 aromatic rings. The molecule has 1 saturated heterocycles. The topological polar surface area (TPSA) is 95.9 Å². The Balaban J connectivity index is 2.50. The zero-order valence-corrected chi connectivity index (χ0v) is 9.18. The first-order valence-electron chi connectivity index (χ1n) is 5.32. The summed E-state index contributed by atoms with van der Waals surface area (Å²) in [6.07, 6.45) is 0.235. The number of carboxylic acids is 1. The fourth-order valence-corrected chi connectivity index (χ4v) is 1.67. The van der Waals surface area contributed by atoms with Gasteiger partial charge in [-0.3, -0.25) is 4.79 Å². The van der Waals surface area contributed by atoms with Crippen molar-refractivity contribution in [1.82, 2.24) is 5.32 Å². The zero-order valence-electron chi connectivity index (χ0n) is 9.18. The Hall–Kier alpha value is -1.14. The van der Waals surface area contributed by atoms with E-state index in [1.54, 1.807) is 0 Å². The maximum absolute atomic E-state index is 11.7. The number of rotatable bonds is 5. The van der Waals surface area contributed by atoms with Crippen LogP contribution in [-0.4, -0.2) is 47.4 Å². The lowest BCUT2D eigenvalue weighted by Gasteiger charge is -2.18. The fraction of sp³-hybridized carbons (Fsp3) is 0.800. The summed E-state index contributed by atoms with van der Waals surface area (Å²) in [7, 11) is 0. The molecule has 16 heavy (non-hydrogen) atoms. The molecule has 1 aliphatic heterocycles. The molecule has 1 heterocycles. The van der Waals surface area contributed by atoms with E-state index < -0.39 is 24.0 Å². The standard InChI is InChI=1S/C10H17NO5/c1-6-3-5-16-8(6)9(13)11-7(2-4-12)10(14)15/h6-8,12H,2-5H2,1H3,(H,11,13)(H,14,15)/t6?,7-,8?/m1/s1. The number of carbonyl (C=O) groups excluding carboxylic acids is 1. The van der Waals surface area contributed by atoms with E-state index in [1.165, 1.54) is 0 Å². The van der Waals surface area contributed by atoms with Crippen molar-refractivity contribution in [2.24, 2.45) is 5.92 Å². The molecule has 0 saturated carbocycles. The monoisotopic (exact) mass is 231 g/mol. The summed E-state index contributed by atoms with van der Waals surface area (Å²) in [5.41, 5.74) is 0. The maximum atomic E-state index is 11.7. The SMILES string of the molecule is CC1CCOC1C(=O)N[C@H](CCO)C(=O)O. The Morgan fingerprint density at radius 2 is 2.25 bits per heavy atom. The van der Waals surface area contributed by atoms with Crippen molar-refractivity contribution in [3.05, 3.63) is 0 Å². The van der Waals surface area contributed by atoms with Crippen LogP contribution in [0.5, 0.6) is 0 Å². The van der Waals surface area contributed by atoms with Crippen molar-refractivity contribution in [1.29, 1.82) is 0 Å². The normalized spacial score (nSPS) is 26.4. The molecule has 3 atom stereocenters. The van der Waals surface area contributed by atoms with Crippen LogP contribution in [-0.2, 0) is 14.3 Å². The van der Waals surface area contributed by atoms with Gasteiger partial charge in [0.2, 0.25) is 5.91 Å². The largest absolute Gasteiger partial charge is 0.480 e. The second-order valence-corrected chi connectivity index (χ2v) is 3.97. The van der Waals surface area contributed by atoms with Gasteiger partial charge in [0.1, 0.15) is 12.1 Å². The van der Waals surface area contributed by atoms with E-state index in [0.29, 0.717) is 6.61 Å². The molecule has 0 aliphatic carbocycles. The summed E-state index contributed by atoms with van der Waals surface area (Å²) >= 11 is 0. The van der Waals surface area contributed by atoms with E-state index in [4.69, 9.17) is 14.9 Å². The van der Waals surface area contributed by atoms with Gasteiger partial charge in [0.05, 0.1) is 0 Å². The highest BCUT2D eigenvalue weighted by molar-refractivity contribution is 5.86. The molecule has 2 unspecified atom stereocenters. The highest BCUT2D eigenvalue weighted by Crippen LogP contribution is 2.20. The number of carbonyl (C=O) groups is 2. The van der Waals surface area contributed by atoms with Gasteiger partial charge in [0.25, 0.3) is 0 Å². The second-order valence-electron chi connectivity index (χ2n) is 3.97. The summed E-state index contributed by atoms with van der Waals surface area (Å²) in [5.74, 6) is -1.46. The van der Waals surface area contributed by atoms with Gasteiger partial charge in [-0.1, -0.05) is 6.92 Å². The number of nitrogens with one attached hydrogen (secondary N) is 1. The summed E-state index contributed by atoms with van der Waals surface area (Å²) in [6.45, 7) is 2.13. The maximum Gasteiger partial charge on any atom is 0.326 e. The molecular formula is C10H17NO5. The van der Waals surface area contributed by atoms with Crippen LogP contribution in [0.25, 0.3) is 0 Å². The fourth-order valence-electron chi connectivity index (χ4n) is 1.67. The van der Waals surface area contributed by atoms with E-state index in [-0.39, 0.29) is 18.9 Å². The van der Waals surface area contributed by atoms with E-state index in [0.717, 1.165) is 6.42 Å². The van der Waals surface area contributed by atoms with E-state index >= 15 is 0 Å². The number of aliphatic hydroxyl groups excluding tert-OH is 1. The quantitative estimate of drug-likeness (QED) is 0.585. The first-order valence-corrected chi connectivity index (χ1v) is 5.32. The van der Waals surface area contributed by atoms with Crippen molar-refractivity contribution in [2.45, 2.75) is 31.9 Å². The van der Waals surface area contributed by atoms with Crippen molar-refractivity contribution < 1.29 is 24.5 Å². The lowest BCUT2D eigenvalue weighted by atomic mass is 10.0. The summed E-state index contributed by atoms with van der Waals surface area (Å²) in [4.78, 5) is 22.4. The Morgan fingerprint density at radius 3 is 2.69 bits per heavy atom. The van der Waals surface area contributed by atoms with Gasteiger partial charge >= 0.3 is 5.97 Å². The zero-order chi connectivity index (χ0) is 12.1. The molecule has 0 aromatic heterocycles. The van der Waals surface area contributed by atoms with Gasteiger partial charge < -0.3 is 20.3 Å². The highest BCUT2D eigenvalue weighted by Gasteiger charge is 2.33. The van der Waals surface area contributed by atoms with E-state index in [9.17, 15) is 9.59 Å². The molecule has 0 bridgehead atoms. The van der Waals surface area contributed by atoms with Gasteiger partial charge in [-0.15, -0.1) is 0 Å². The highest BCUT2D eigenvalue weighted by atomic mass is 16.5. The Kier molecular flexibility index (Phi) is 4.70. The third-order valence-electron chi connectivity index (χ3n) is 2.68. The molecule has 1 fully saturated rings. The molecule has 0 aromatic carbocycles. The van der Waals surface area contributed by atoms with Crippen LogP contribution in [0.3, 0.4) is 0 Å². The van der Waals surface area contributed by atoms with Crippen molar-refractivity contribution in [3.63, 3.8) is 0 Å². The minimum absolute atomic E-state index is 0.00216. The van der Waals surface area contributed by atoms with Gasteiger partial charge in [-0.25, -0.2) is 4.79 Å². The molecule has 92 valence electrons. The number of amides is 1. The first-order chi connectivity index (χ1) is 7.56. The predicted octanol–water partition coefficient (Wildman–Crippen LogP) is -0.637. The van der Waals surface area contributed by atoms with Gasteiger partial charge in [-0.2, -0.15) is 0 Å². The number of carboxylic acid groups (broad SMARTS) is 1. The van der Waals surface area contributed by atoms with Gasteiger partial charge in [-0.05, 0) is 12.3 Å². The van der Waals surface area contributed by atoms with Crippen LogP contribution < -0.4 is 5.32 Å². The summed E-state index contributed by atoms with van der Waals surface area (Å²) in [6, 6.07) is -1.05. The lowest BCUT2D eigenvalue weighted by Crippen LogP contribution is -2.47. The Labute approximate surface area is 93.6 Å². The smallest absolute Gasteiger partial charge is 0.326 e. The average molecular weight is 231 g/mol. The van der Waals surface area contributed by atoms with E-state index in [1.807, 2.05) is 6.92 Å². The number of ether oxygens (including phenoxy) is 1. The Morgan fingerprint density at radius 1 is 1.56 bits per heavy atom. The third kappa shape index (κ3) is 3.18. The number of hydrogen-bond donors (Lipinski definition) is 3. The van der Waals surface area contributed by atoms with Crippen LogP contribution in [0.2, 0.25) is 0 Å². The average Bonchev–Trinajstić information content (AvgIpc) is 2.63. The molecule has 0 spiro atoms. The lowest BCUT2D eigenvalue weighted by molar-refractivity contribution is -0.144. The molecule has 0 radical (unpaired) electrons. The molecule has 1 amide bonds. The van der Waals surface area contributed by atoms with Gasteiger partial charge in [0, 0.05) is 19.6 Å². The van der Waals surface area contributed by atoms with Crippen LogP contribution >= 0.6 is 0 Å². The van der Waals surface area contributed by atoms with Crippen LogP contribution in [0.4, 0.5) is 0 Å². The number of hydrogen-bond acceptors (Lipinski definition) is 4. The molecule has 6 nitrogen and oxygen atoms in total. The first kappa shape index (κ1) is 12.9. The molecular weight excluding hydrogens is 214 g/mol. The van der Waals surface area contributed by atoms with Crippen molar-refractivity contribution in [3.8, 4) is 0 Å². The molecule has 1 aliphatic rings. The number of aliphatic hydroxyl groups is 1. The third-order valence-corrected chi connectivity index (χ3v) is 2.68. The second kappa shape index (κ2) is 5.81. The van der Waals surface area contributed by atoms with Crippen LogP contribution in [0.1, 0.15) is 19.8 Å². The van der Waals surface area contributed by atoms with Crippen molar-refractivity contribution in [2.75, 3.05) is 13.2 Å². The van der Waals surface area contributed by atoms with Crippen LogP contribution in [0.15, 0.2) is 0 Å². The van der Waals surface area contributed by atoms with E-state index in [2.05, 4.69) is 5.32 Å². The number of aliphatic carboxylic acids is 1. The van der Waals surface area contributed by atoms with Crippen LogP contribution in [0, 0.1) is 5.92 Å². The minimum Gasteiger partial charge on any atom is -0.480 e. The molecule has 6 heteroatoms. The van der Waals surface area contributed by atoms with Gasteiger partial charge in [0.15, 0.2) is 0 Å². The summed E-state index contributed by atoms with van der Waals surface area (Å²) < 4.78 is 5.22.